The van der Waals surface area contributed by atoms with Crippen molar-refractivity contribution in [3.63, 3.8) is 0 Å². The van der Waals surface area contributed by atoms with Gasteiger partial charge in [-0.05, 0) is 13.8 Å². The molecular formula is C16H17Cl2F12NO2W. The Morgan fingerprint density at radius 3 is 1.03 bits per heavy atom. The molecule has 0 heterocycles. The first-order valence-electron chi connectivity index (χ1n) is 8.17. The summed E-state index contributed by atoms with van der Waals surface area (Å²) in [6.07, 6.45) is -22.8. The van der Waals surface area contributed by atoms with Crippen molar-refractivity contribution in [3.8, 4) is 0 Å². The summed E-state index contributed by atoms with van der Waals surface area (Å²) in [4.78, 5) is 0. The quantitative estimate of drug-likeness (QED) is 0.290. The van der Waals surface area contributed by atoms with Gasteiger partial charge >= 0.3 is 111 Å². The van der Waals surface area contributed by atoms with Crippen molar-refractivity contribution in [2.24, 2.45) is 3.50 Å². The van der Waals surface area contributed by atoms with E-state index in [2.05, 4.69) is 3.50 Å². The van der Waals surface area contributed by atoms with Crippen LogP contribution in [0, 0.1) is 13.8 Å². The van der Waals surface area contributed by atoms with Gasteiger partial charge in [-0.3, -0.25) is 0 Å². The van der Waals surface area contributed by atoms with E-state index in [1.165, 1.54) is 0 Å². The maximum atomic E-state index is 11.4. The number of hydrogen-bond acceptors (Lipinski definition) is 3. The fourth-order valence-electron chi connectivity index (χ4n) is 1.34. The van der Waals surface area contributed by atoms with E-state index in [0.717, 1.165) is 16.8 Å². The third-order valence-corrected chi connectivity index (χ3v) is 6.09. The van der Waals surface area contributed by atoms with Gasteiger partial charge in [0.25, 0.3) is 11.2 Å². The van der Waals surface area contributed by atoms with Gasteiger partial charge in [0.2, 0.25) is 0 Å². The van der Waals surface area contributed by atoms with Crippen molar-refractivity contribution in [1.82, 2.24) is 0 Å². The van der Waals surface area contributed by atoms with E-state index in [4.69, 9.17) is 29.0 Å². The summed E-state index contributed by atoms with van der Waals surface area (Å²) in [6.45, 7) is 3.36. The van der Waals surface area contributed by atoms with Crippen LogP contribution in [0.4, 0.5) is 58.4 Å². The van der Waals surface area contributed by atoms with Gasteiger partial charge in [-0.25, -0.2) is 0 Å². The van der Waals surface area contributed by atoms with E-state index in [-0.39, 0.29) is 13.8 Å². The van der Waals surface area contributed by atoms with Crippen LogP contribution in [0.2, 0.25) is 0 Å². The number of aryl methyl sites for hydroxylation is 2. The Hall–Kier alpha value is -0.632. The minimum atomic E-state index is -5.69. The van der Waals surface area contributed by atoms with E-state index < -0.39 is 51.0 Å². The third-order valence-electron chi connectivity index (χ3n) is 3.81. The molecule has 0 aliphatic carbocycles. The van der Waals surface area contributed by atoms with Crippen molar-refractivity contribution in [1.29, 1.82) is 0 Å². The number of benzene rings is 1. The number of halogens is 14. The van der Waals surface area contributed by atoms with Crippen LogP contribution in [0.1, 0.15) is 25.0 Å². The fourth-order valence-corrected chi connectivity index (χ4v) is 4.00. The van der Waals surface area contributed by atoms with Crippen LogP contribution in [-0.4, -0.2) is 46.1 Å². The van der Waals surface area contributed by atoms with Crippen molar-refractivity contribution < 1.29 is 77.9 Å². The number of nitrogens with zero attached hydrogens (tertiary/aromatic N) is 1. The molecule has 0 saturated heterocycles. The van der Waals surface area contributed by atoms with Gasteiger partial charge in [0.1, 0.15) is 0 Å². The molecule has 0 radical (unpaired) electrons. The molecule has 0 aliphatic rings. The monoisotopic (exact) mass is 737 g/mol. The molecule has 34 heavy (non-hydrogen) atoms. The van der Waals surface area contributed by atoms with Crippen LogP contribution in [-0.2, 0) is 15.0 Å². The second-order valence-corrected chi connectivity index (χ2v) is 14.8. The molecule has 3 nitrogen and oxygen atoms in total. The van der Waals surface area contributed by atoms with E-state index in [1.54, 1.807) is 0 Å². The second-order valence-electron chi connectivity index (χ2n) is 6.66. The summed E-state index contributed by atoms with van der Waals surface area (Å²) in [5.41, 5.74) is -5.97. The molecule has 0 unspecified atom stereocenters. The van der Waals surface area contributed by atoms with Gasteiger partial charge < -0.3 is 10.2 Å². The van der Waals surface area contributed by atoms with Crippen molar-refractivity contribution in [2.75, 3.05) is 0 Å². The SMILES string of the molecule is CC(O)(C(F)(F)F)C(F)(F)F.CC(O)(C(F)(F)F)C(F)(F)F.Cc1cccc(C)c1[N]=[W]([Cl])[Cl]. The predicted octanol–water partition coefficient (Wildman–Crippen LogP) is 7.77. The number of rotatable bonds is 1. The molecule has 0 bridgehead atoms. The molecule has 18 heteroatoms. The van der Waals surface area contributed by atoms with Crippen molar-refractivity contribution >= 4 is 24.5 Å². The molecule has 0 aromatic heterocycles. The number of alkyl halides is 12. The molecule has 0 spiro atoms. The molecule has 1 rings (SSSR count). The molecule has 2 N–H and O–H groups in total. The Morgan fingerprint density at radius 2 is 0.882 bits per heavy atom. The summed E-state index contributed by atoms with van der Waals surface area (Å²) < 4.78 is 141. The molecule has 0 amide bonds. The van der Waals surface area contributed by atoms with Crippen LogP contribution < -0.4 is 0 Å². The van der Waals surface area contributed by atoms with Crippen molar-refractivity contribution in [2.45, 2.75) is 63.6 Å². The van der Waals surface area contributed by atoms with E-state index in [9.17, 15) is 52.7 Å². The van der Waals surface area contributed by atoms with Crippen LogP contribution in [0.3, 0.4) is 0 Å². The molecule has 1 aromatic rings. The van der Waals surface area contributed by atoms with Gasteiger partial charge in [-0.15, -0.1) is 0 Å². The fraction of sp³-hybridized carbons (Fsp3) is 0.625. The molecular weight excluding hydrogens is 721 g/mol. The number of hydrogen-bond donors (Lipinski definition) is 2. The average Bonchev–Trinajstić information content (AvgIpc) is 2.55. The third kappa shape index (κ3) is 10.2. The Morgan fingerprint density at radius 1 is 0.647 bits per heavy atom. The van der Waals surface area contributed by atoms with Crippen LogP contribution in [0.5, 0.6) is 0 Å². The van der Waals surface area contributed by atoms with Gasteiger partial charge in [0, 0.05) is 0 Å². The standard InChI is InChI=1S/C8H9N.2C4H4F6O.2ClH.W/c1-6-4-3-5-7(2)8(6)9;2*1-2(11,3(5,6)7)4(8,9)10;;;/h3-5H,1-2H3;2*11H,1H3;2*1H;/q;;;;;+2/p-2. The molecule has 0 atom stereocenters. The summed E-state index contributed by atoms with van der Waals surface area (Å²) in [5.74, 6) is 0. The Bertz CT molecular complexity index is 739. The summed E-state index contributed by atoms with van der Waals surface area (Å²) in [5, 5.41) is 15.9. The number of aliphatic hydroxyl groups is 2. The van der Waals surface area contributed by atoms with E-state index in [0.29, 0.717) is 0 Å². The molecule has 0 saturated carbocycles. The molecule has 0 fully saturated rings. The molecule has 0 aliphatic heterocycles. The zero-order valence-electron chi connectivity index (χ0n) is 17.3. The van der Waals surface area contributed by atoms with Crippen molar-refractivity contribution in [3.05, 3.63) is 29.3 Å². The van der Waals surface area contributed by atoms with Crippen LogP contribution in [0.25, 0.3) is 0 Å². The Labute approximate surface area is 198 Å². The summed E-state index contributed by atoms with van der Waals surface area (Å²) in [7, 11) is 11.5. The van der Waals surface area contributed by atoms with E-state index >= 15 is 0 Å². The summed E-state index contributed by atoms with van der Waals surface area (Å²) in [6, 6.07) is 6.05. The average molecular weight is 738 g/mol. The first kappa shape index (κ1) is 35.5. The van der Waals surface area contributed by atoms with Gasteiger partial charge in [-0.2, -0.15) is 52.7 Å². The van der Waals surface area contributed by atoms with Crippen LogP contribution >= 0.6 is 18.8 Å². The first-order valence-corrected chi connectivity index (χ1v) is 16.8. The van der Waals surface area contributed by atoms with E-state index in [1.807, 2.05) is 32.0 Å². The zero-order chi connectivity index (χ0) is 28.1. The zero-order valence-corrected chi connectivity index (χ0v) is 21.7. The van der Waals surface area contributed by atoms with Gasteiger partial charge in [0.05, 0.1) is 0 Å². The first-order chi connectivity index (χ1) is 14.6. The maximum absolute atomic E-state index is 11.4. The Balaban J connectivity index is 0. The predicted molar refractivity (Wildman–Crippen MR) is 95.2 cm³/mol. The second kappa shape index (κ2) is 12.1. The topological polar surface area (TPSA) is 52.8 Å². The Kier molecular flexibility index (Phi) is 12.6. The van der Waals surface area contributed by atoms with Gasteiger partial charge in [0.15, 0.2) is 0 Å². The summed E-state index contributed by atoms with van der Waals surface area (Å²) >= 11 is -2.37. The molecule has 202 valence electrons. The van der Waals surface area contributed by atoms with Gasteiger partial charge in [-0.1, -0.05) is 0 Å². The minimum absolute atomic E-state index is 0.340. The normalized spacial score (nSPS) is 13.6. The van der Waals surface area contributed by atoms with Crippen LogP contribution in [0.15, 0.2) is 21.7 Å². The molecule has 1 aromatic carbocycles.